The molecule has 0 heterocycles. The lowest BCUT2D eigenvalue weighted by atomic mass is 9.80. The van der Waals surface area contributed by atoms with Crippen LogP contribution in [-0.2, 0) is 10.8 Å². The lowest BCUT2D eigenvalue weighted by Gasteiger charge is -2.25. The van der Waals surface area contributed by atoms with Crippen molar-refractivity contribution in [2.75, 3.05) is 5.32 Å². The number of benzene rings is 4. The van der Waals surface area contributed by atoms with Gasteiger partial charge < -0.3 is 5.32 Å². The molecule has 0 aliphatic rings. The quantitative estimate of drug-likeness (QED) is 0.309. The molecule has 0 radical (unpaired) electrons. The van der Waals surface area contributed by atoms with Crippen LogP contribution in [-0.4, -0.2) is 6.21 Å². The van der Waals surface area contributed by atoms with Crippen LogP contribution in [0, 0.1) is 6.92 Å². The summed E-state index contributed by atoms with van der Waals surface area (Å²) in [4.78, 5) is 4.95. The largest absolute Gasteiger partial charge is 0.354 e. The van der Waals surface area contributed by atoms with Gasteiger partial charge in [0.1, 0.15) is 0 Å². The smallest absolute Gasteiger partial charge is 0.0635 e. The molecule has 0 saturated heterocycles. The average Bonchev–Trinajstić information content (AvgIpc) is 2.79. The van der Waals surface area contributed by atoms with Gasteiger partial charge >= 0.3 is 0 Å². The van der Waals surface area contributed by atoms with Gasteiger partial charge in [-0.15, -0.1) is 0 Å². The zero-order chi connectivity index (χ0) is 24.5. The predicted octanol–water partition coefficient (Wildman–Crippen LogP) is 9.24. The van der Waals surface area contributed by atoms with E-state index in [-0.39, 0.29) is 10.8 Å². The fourth-order valence-electron chi connectivity index (χ4n) is 4.10. The number of aryl methyl sites for hydroxylation is 1. The van der Waals surface area contributed by atoms with Crippen molar-refractivity contribution >= 4 is 34.0 Å². The molecular formula is C32H36N2. The second-order valence-electron chi connectivity index (χ2n) is 11.2. The number of aliphatic imine (C=N–C) groups is 1. The first-order valence-electron chi connectivity index (χ1n) is 12.1. The van der Waals surface area contributed by atoms with Crippen LogP contribution in [0.15, 0.2) is 83.9 Å². The number of hydrogen-bond acceptors (Lipinski definition) is 2. The van der Waals surface area contributed by atoms with Crippen molar-refractivity contribution in [1.82, 2.24) is 0 Å². The van der Waals surface area contributed by atoms with Crippen molar-refractivity contribution in [3.63, 3.8) is 0 Å². The van der Waals surface area contributed by atoms with E-state index in [2.05, 4.69) is 133 Å². The SMILES string of the molecule is Cc1ccc2ccccc2c1Nc1ccccc1C=Nc1cc(C(C)(C)C)cc(C(C)(C)C)c1. The van der Waals surface area contributed by atoms with Crippen LogP contribution in [0.25, 0.3) is 10.8 Å². The van der Waals surface area contributed by atoms with Gasteiger partial charge in [-0.3, -0.25) is 4.99 Å². The first kappa shape index (κ1) is 23.8. The average molecular weight is 449 g/mol. The van der Waals surface area contributed by atoms with Crippen LogP contribution in [0.1, 0.15) is 63.8 Å². The second kappa shape index (κ2) is 9.10. The number of para-hydroxylation sites is 1. The highest BCUT2D eigenvalue weighted by Gasteiger charge is 2.20. The summed E-state index contributed by atoms with van der Waals surface area (Å²) >= 11 is 0. The third-order valence-electron chi connectivity index (χ3n) is 6.36. The highest BCUT2D eigenvalue weighted by Crippen LogP contribution is 2.34. The van der Waals surface area contributed by atoms with Gasteiger partial charge in [0.05, 0.1) is 5.69 Å². The van der Waals surface area contributed by atoms with Crippen molar-refractivity contribution in [1.29, 1.82) is 0 Å². The van der Waals surface area contributed by atoms with E-state index in [1.54, 1.807) is 0 Å². The highest BCUT2D eigenvalue weighted by atomic mass is 14.9. The molecule has 0 aromatic heterocycles. The molecule has 0 amide bonds. The van der Waals surface area contributed by atoms with Gasteiger partial charge in [-0.05, 0) is 58.0 Å². The van der Waals surface area contributed by atoms with Crippen molar-refractivity contribution in [2.45, 2.75) is 59.3 Å². The maximum absolute atomic E-state index is 4.95. The summed E-state index contributed by atoms with van der Waals surface area (Å²) in [6.45, 7) is 15.7. The molecule has 2 heteroatoms. The van der Waals surface area contributed by atoms with Crippen LogP contribution in [0.3, 0.4) is 0 Å². The number of anilines is 2. The highest BCUT2D eigenvalue weighted by molar-refractivity contribution is 5.99. The Labute approximate surface area is 204 Å². The minimum absolute atomic E-state index is 0.0664. The third-order valence-corrected chi connectivity index (χ3v) is 6.36. The van der Waals surface area contributed by atoms with E-state index in [4.69, 9.17) is 4.99 Å². The molecule has 4 aromatic carbocycles. The number of hydrogen-bond donors (Lipinski definition) is 1. The number of fused-ring (bicyclic) bond motifs is 1. The Bertz CT molecular complexity index is 1320. The topological polar surface area (TPSA) is 24.4 Å². The summed E-state index contributed by atoms with van der Waals surface area (Å²) in [5.41, 5.74) is 8.22. The summed E-state index contributed by atoms with van der Waals surface area (Å²) in [6, 6.07) is 28.0. The van der Waals surface area contributed by atoms with Gasteiger partial charge in [0.15, 0.2) is 0 Å². The van der Waals surface area contributed by atoms with Crippen molar-refractivity contribution in [2.24, 2.45) is 4.99 Å². The normalized spacial score (nSPS) is 12.4. The lowest BCUT2D eigenvalue weighted by Crippen LogP contribution is -2.16. The van der Waals surface area contributed by atoms with Crippen LogP contribution in [0.5, 0.6) is 0 Å². The third kappa shape index (κ3) is 5.22. The Morgan fingerprint density at radius 1 is 0.706 bits per heavy atom. The summed E-state index contributed by atoms with van der Waals surface area (Å²) < 4.78 is 0. The van der Waals surface area contributed by atoms with E-state index in [1.807, 2.05) is 6.21 Å². The van der Waals surface area contributed by atoms with Crippen LogP contribution in [0.4, 0.5) is 17.1 Å². The van der Waals surface area contributed by atoms with Crippen molar-refractivity contribution in [3.8, 4) is 0 Å². The monoisotopic (exact) mass is 448 g/mol. The van der Waals surface area contributed by atoms with E-state index in [0.29, 0.717) is 0 Å². The Morgan fingerprint density at radius 2 is 1.32 bits per heavy atom. The first-order valence-corrected chi connectivity index (χ1v) is 12.1. The molecular weight excluding hydrogens is 412 g/mol. The molecule has 34 heavy (non-hydrogen) atoms. The first-order chi connectivity index (χ1) is 16.0. The molecule has 4 rings (SSSR count). The van der Waals surface area contributed by atoms with Gasteiger partial charge in [-0.2, -0.15) is 0 Å². The molecule has 0 aliphatic heterocycles. The molecule has 0 fully saturated rings. The van der Waals surface area contributed by atoms with Crippen LogP contribution >= 0.6 is 0 Å². The summed E-state index contributed by atoms with van der Waals surface area (Å²) in [7, 11) is 0. The molecule has 0 spiro atoms. The second-order valence-corrected chi connectivity index (χ2v) is 11.2. The van der Waals surface area contributed by atoms with Gasteiger partial charge in [0, 0.05) is 28.5 Å². The van der Waals surface area contributed by atoms with Crippen LogP contribution < -0.4 is 5.32 Å². The zero-order valence-electron chi connectivity index (χ0n) is 21.5. The number of nitrogens with one attached hydrogen (secondary N) is 1. The lowest BCUT2D eigenvalue weighted by molar-refractivity contribution is 0.569. The standard InChI is InChI=1S/C32H36N2/c1-22-16-17-23-12-8-10-14-28(23)30(22)34-29-15-11-9-13-24(29)21-33-27-19-25(31(2,3)4)18-26(20-27)32(5,6)7/h8-21,34H,1-7H3. The van der Waals surface area contributed by atoms with Crippen LogP contribution in [0.2, 0.25) is 0 Å². The Morgan fingerprint density at radius 3 is 2.00 bits per heavy atom. The molecule has 1 N–H and O–H groups in total. The predicted molar refractivity (Wildman–Crippen MR) is 150 cm³/mol. The van der Waals surface area contributed by atoms with E-state index in [1.165, 1.54) is 27.5 Å². The summed E-state index contributed by atoms with van der Waals surface area (Å²) in [5, 5.41) is 6.16. The van der Waals surface area contributed by atoms with E-state index in [0.717, 1.165) is 22.6 Å². The van der Waals surface area contributed by atoms with Gasteiger partial charge in [-0.25, -0.2) is 0 Å². The molecule has 4 aromatic rings. The minimum atomic E-state index is 0.0664. The Balaban J connectivity index is 1.73. The summed E-state index contributed by atoms with van der Waals surface area (Å²) in [5.74, 6) is 0. The molecule has 0 bridgehead atoms. The zero-order valence-corrected chi connectivity index (χ0v) is 21.5. The van der Waals surface area contributed by atoms with E-state index < -0.39 is 0 Å². The van der Waals surface area contributed by atoms with Crippen molar-refractivity contribution < 1.29 is 0 Å². The fourth-order valence-corrected chi connectivity index (χ4v) is 4.10. The van der Waals surface area contributed by atoms with E-state index in [9.17, 15) is 0 Å². The Hall–Kier alpha value is -3.39. The maximum atomic E-state index is 4.95. The number of rotatable bonds is 4. The molecule has 0 unspecified atom stereocenters. The van der Waals surface area contributed by atoms with Crippen molar-refractivity contribution in [3.05, 3.63) is 101 Å². The summed E-state index contributed by atoms with van der Waals surface area (Å²) in [6.07, 6.45) is 1.98. The molecule has 174 valence electrons. The molecule has 0 saturated carbocycles. The van der Waals surface area contributed by atoms with E-state index >= 15 is 0 Å². The minimum Gasteiger partial charge on any atom is -0.354 e. The van der Waals surface area contributed by atoms with Gasteiger partial charge in [0.2, 0.25) is 0 Å². The Kier molecular flexibility index (Phi) is 6.36. The maximum Gasteiger partial charge on any atom is 0.0635 e. The van der Waals surface area contributed by atoms with Gasteiger partial charge in [0.25, 0.3) is 0 Å². The fraction of sp³-hybridized carbons (Fsp3) is 0.281. The van der Waals surface area contributed by atoms with Gasteiger partial charge in [-0.1, -0.05) is 102 Å². The molecule has 0 atom stereocenters. The number of nitrogens with zero attached hydrogens (tertiary/aromatic N) is 1. The molecule has 2 nitrogen and oxygen atoms in total. The molecule has 0 aliphatic carbocycles.